The number of carbonyl (C=O) groups is 2. The van der Waals surface area contributed by atoms with E-state index in [2.05, 4.69) is 15.5 Å². The van der Waals surface area contributed by atoms with E-state index < -0.39 is 0 Å². The number of morpholine rings is 1. The average Bonchev–Trinajstić information content (AvgIpc) is 2.54. The second-order valence-electron chi connectivity index (χ2n) is 7.64. The third-order valence-corrected chi connectivity index (χ3v) is 3.87. The minimum Gasteiger partial charge on any atom is -0.378 e. The lowest BCUT2D eigenvalue weighted by molar-refractivity contribution is -0.124. The molecule has 0 atom stereocenters. The number of nitrogens with one attached hydrogen (secondary N) is 2. The lowest BCUT2D eigenvalue weighted by Crippen LogP contribution is -2.46. The summed E-state index contributed by atoms with van der Waals surface area (Å²) >= 11 is 0. The fourth-order valence-corrected chi connectivity index (χ4v) is 2.85. The predicted molar refractivity (Wildman–Crippen MR) is 103 cm³/mol. The van der Waals surface area contributed by atoms with Crippen LogP contribution in [0.25, 0.3) is 0 Å². The molecule has 2 N–H and O–H groups in total. The van der Waals surface area contributed by atoms with Crippen molar-refractivity contribution in [3.63, 3.8) is 0 Å². The third kappa shape index (κ3) is 6.65. The fraction of sp³-hybridized carbons (Fsp3) is 0.579. The van der Waals surface area contributed by atoms with E-state index in [-0.39, 0.29) is 30.4 Å². The normalized spacial score (nSPS) is 15.0. The second kappa shape index (κ2) is 9.00. The molecule has 0 aliphatic carbocycles. The summed E-state index contributed by atoms with van der Waals surface area (Å²) in [4.78, 5) is 28.3. The molecule has 1 fully saturated rings. The molecule has 0 saturated carbocycles. The van der Waals surface area contributed by atoms with Crippen molar-refractivity contribution in [3.8, 4) is 0 Å². The van der Waals surface area contributed by atoms with Crippen LogP contribution in [-0.2, 0) is 14.3 Å². The highest BCUT2D eigenvalue weighted by Gasteiger charge is 2.18. The Morgan fingerprint density at radius 2 is 1.73 bits per heavy atom. The van der Waals surface area contributed by atoms with E-state index in [1.807, 2.05) is 45.0 Å². The Bertz CT molecular complexity index is 621. The number of anilines is 2. The van der Waals surface area contributed by atoms with Crippen LogP contribution in [0.5, 0.6) is 0 Å². The highest BCUT2D eigenvalue weighted by atomic mass is 16.5. The zero-order valence-electron chi connectivity index (χ0n) is 16.2. The molecule has 7 heteroatoms. The van der Waals surface area contributed by atoms with Crippen LogP contribution in [0.2, 0.25) is 0 Å². The van der Waals surface area contributed by atoms with Gasteiger partial charge in [-0.2, -0.15) is 0 Å². The van der Waals surface area contributed by atoms with Crippen molar-refractivity contribution in [1.29, 1.82) is 0 Å². The van der Waals surface area contributed by atoms with Crippen LogP contribution in [0.15, 0.2) is 24.3 Å². The van der Waals surface area contributed by atoms with Gasteiger partial charge < -0.3 is 20.3 Å². The average molecular weight is 362 g/mol. The molecular weight excluding hydrogens is 332 g/mol. The topological polar surface area (TPSA) is 73.9 Å². The van der Waals surface area contributed by atoms with Crippen molar-refractivity contribution in [1.82, 2.24) is 10.2 Å². The Hall–Kier alpha value is -2.12. The largest absolute Gasteiger partial charge is 0.378 e. The van der Waals surface area contributed by atoms with Gasteiger partial charge in [-0.05, 0) is 40.0 Å². The fourth-order valence-electron chi connectivity index (χ4n) is 2.85. The molecule has 7 nitrogen and oxygen atoms in total. The summed E-state index contributed by atoms with van der Waals surface area (Å²) in [6, 6.07) is 7.76. The minimum absolute atomic E-state index is 0.0958. The van der Waals surface area contributed by atoms with Crippen LogP contribution in [0, 0.1) is 0 Å². The van der Waals surface area contributed by atoms with E-state index in [1.165, 1.54) is 0 Å². The van der Waals surface area contributed by atoms with Crippen LogP contribution >= 0.6 is 0 Å². The maximum atomic E-state index is 12.4. The smallest absolute Gasteiger partial charge is 0.238 e. The summed E-state index contributed by atoms with van der Waals surface area (Å²) in [6.07, 6.45) is 0. The Labute approximate surface area is 155 Å². The number of nitrogens with zero attached hydrogens (tertiary/aromatic N) is 2. The molecule has 0 unspecified atom stereocenters. The number of amides is 2. The summed E-state index contributed by atoms with van der Waals surface area (Å²) in [7, 11) is 1.76. The number of rotatable bonds is 6. The highest BCUT2D eigenvalue weighted by molar-refractivity contribution is 5.95. The molecule has 1 saturated heterocycles. The van der Waals surface area contributed by atoms with Gasteiger partial charge in [-0.25, -0.2) is 0 Å². The van der Waals surface area contributed by atoms with Gasteiger partial charge in [0.25, 0.3) is 0 Å². The van der Waals surface area contributed by atoms with Crippen LogP contribution in [0.4, 0.5) is 11.4 Å². The standard InChI is InChI=1S/C19H30N4O3/c1-19(2,3)21-18(25)14-22(4)13-17(24)20-15-7-5-6-8-16(15)23-9-11-26-12-10-23/h5-8H,9-14H2,1-4H3,(H,20,24)(H,21,25). The zero-order valence-corrected chi connectivity index (χ0v) is 16.2. The highest BCUT2D eigenvalue weighted by Crippen LogP contribution is 2.26. The van der Waals surface area contributed by atoms with E-state index in [0.717, 1.165) is 24.5 Å². The van der Waals surface area contributed by atoms with Crippen LogP contribution in [0.3, 0.4) is 0 Å². The Morgan fingerprint density at radius 1 is 1.12 bits per heavy atom. The van der Waals surface area contributed by atoms with Crippen molar-refractivity contribution in [2.75, 3.05) is 56.7 Å². The number of likely N-dealkylation sites (N-methyl/N-ethyl adjacent to an activating group) is 1. The first-order valence-electron chi connectivity index (χ1n) is 8.96. The Kier molecular flexibility index (Phi) is 6.99. The van der Waals surface area contributed by atoms with E-state index in [1.54, 1.807) is 11.9 Å². The van der Waals surface area contributed by atoms with Gasteiger partial charge in [0.1, 0.15) is 0 Å². The predicted octanol–water partition coefficient (Wildman–Crippen LogP) is 1.31. The first kappa shape index (κ1) is 20.2. The molecule has 144 valence electrons. The maximum absolute atomic E-state index is 12.4. The molecule has 1 aliphatic rings. The SMILES string of the molecule is CN(CC(=O)Nc1ccccc1N1CCOCC1)CC(=O)NC(C)(C)C. The van der Waals surface area contributed by atoms with Gasteiger partial charge in [-0.3, -0.25) is 14.5 Å². The number of hydrogen-bond donors (Lipinski definition) is 2. The second-order valence-corrected chi connectivity index (χ2v) is 7.64. The molecule has 26 heavy (non-hydrogen) atoms. The number of hydrogen-bond acceptors (Lipinski definition) is 5. The minimum atomic E-state index is -0.280. The van der Waals surface area contributed by atoms with Crippen LogP contribution in [-0.4, -0.2) is 68.7 Å². The lowest BCUT2D eigenvalue weighted by Gasteiger charge is -2.30. The molecule has 0 spiro atoms. The van der Waals surface area contributed by atoms with Crippen LogP contribution in [0.1, 0.15) is 20.8 Å². The quantitative estimate of drug-likeness (QED) is 0.798. The molecule has 2 amide bonds. The monoisotopic (exact) mass is 362 g/mol. The van der Waals surface area contributed by atoms with Crippen molar-refractivity contribution in [2.45, 2.75) is 26.3 Å². The van der Waals surface area contributed by atoms with Gasteiger partial charge in [0.2, 0.25) is 11.8 Å². The summed E-state index contributed by atoms with van der Waals surface area (Å²) in [5.41, 5.74) is 1.50. The van der Waals surface area contributed by atoms with E-state index in [0.29, 0.717) is 13.2 Å². The van der Waals surface area contributed by atoms with Crippen molar-refractivity contribution in [3.05, 3.63) is 24.3 Å². The van der Waals surface area contributed by atoms with Gasteiger partial charge in [0, 0.05) is 18.6 Å². The summed E-state index contributed by atoms with van der Waals surface area (Å²) in [6.45, 7) is 9.10. The molecule has 1 aliphatic heterocycles. The molecule has 0 aromatic heterocycles. The molecular formula is C19H30N4O3. The molecule has 1 aromatic carbocycles. The van der Waals surface area contributed by atoms with Gasteiger partial charge in [-0.1, -0.05) is 12.1 Å². The molecule has 1 heterocycles. The molecule has 2 rings (SSSR count). The van der Waals surface area contributed by atoms with Crippen molar-refractivity contribution >= 4 is 23.2 Å². The lowest BCUT2D eigenvalue weighted by atomic mass is 10.1. The maximum Gasteiger partial charge on any atom is 0.238 e. The van der Waals surface area contributed by atoms with Gasteiger partial charge in [0.15, 0.2) is 0 Å². The zero-order chi connectivity index (χ0) is 19.2. The third-order valence-electron chi connectivity index (χ3n) is 3.87. The summed E-state index contributed by atoms with van der Waals surface area (Å²) in [5, 5.41) is 5.86. The summed E-state index contributed by atoms with van der Waals surface area (Å²) < 4.78 is 5.39. The van der Waals surface area contributed by atoms with Crippen LogP contribution < -0.4 is 15.5 Å². The number of benzene rings is 1. The molecule has 0 bridgehead atoms. The van der Waals surface area contributed by atoms with E-state index >= 15 is 0 Å². The first-order valence-corrected chi connectivity index (χ1v) is 8.96. The Balaban J connectivity index is 1.90. The first-order chi connectivity index (χ1) is 12.2. The number of carbonyl (C=O) groups excluding carboxylic acids is 2. The van der Waals surface area contributed by atoms with Crippen molar-refractivity contribution in [2.24, 2.45) is 0 Å². The van der Waals surface area contributed by atoms with Gasteiger partial charge in [0.05, 0.1) is 37.7 Å². The number of ether oxygens (including phenoxy) is 1. The van der Waals surface area contributed by atoms with E-state index in [4.69, 9.17) is 4.74 Å². The Morgan fingerprint density at radius 3 is 2.38 bits per heavy atom. The van der Waals surface area contributed by atoms with Crippen molar-refractivity contribution < 1.29 is 14.3 Å². The number of para-hydroxylation sites is 2. The van der Waals surface area contributed by atoms with Gasteiger partial charge in [-0.15, -0.1) is 0 Å². The van der Waals surface area contributed by atoms with E-state index in [9.17, 15) is 9.59 Å². The molecule has 1 aromatic rings. The summed E-state index contributed by atoms with van der Waals surface area (Å²) in [5.74, 6) is -0.238. The molecule has 0 radical (unpaired) electrons. The van der Waals surface area contributed by atoms with Gasteiger partial charge >= 0.3 is 0 Å².